The van der Waals surface area contributed by atoms with Crippen molar-refractivity contribution >= 4 is 37.1 Å². The van der Waals surface area contributed by atoms with Gasteiger partial charge in [0, 0.05) is 19.0 Å². The summed E-state index contributed by atoms with van der Waals surface area (Å²) in [6.45, 7) is 0.612. The molecular formula is C14H13N3O2S2. The second-order valence-corrected chi connectivity index (χ2v) is 7.57. The third-order valence-electron chi connectivity index (χ3n) is 2.97. The Labute approximate surface area is 126 Å². The molecule has 0 aliphatic carbocycles. The molecule has 21 heavy (non-hydrogen) atoms. The van der Waals surface area contributed by atoms with Gasteiger partial charge >= 0.3 is 0 Å². The summed E-state index contributed by atoms with van der Waals surface area (Å²) in [4.78, 5) is 8.32. The van der Waals surface area contributed by atoms with Crippen LogP contribution in [0.5, 0.6) is 0 Å². The van der Waals surface area contributed by atoms with E-state index >= 15 is 0 Å². The first kappa shape index (κ1) is 14.0. The molecule has 7 heteroatoms. The van der Waals surface area contributed by atoms with Crippen LogP contribution in [-0.2, 0) is 16.4 Å². The third kappa shape index (κ3) is 3.20. The van der Waals surface area contributed by atoms with E-state index in [1.54, 1.807) is 17.4 Å². The van der Waals surface area contributed by atoms with Crippen LogP contribution >= 0.6 is 11.3 Å². The molecule has 0 unspecified atom stereocenters. The molecule has 3 rings (SSSR count). The average molecular weight is 319 g/mol. The smallest absolute Gasteiger partial charge is 0.192 e. The van der Waals surface area contributed by atoms with E-state index in [2.05, 4.69) is 21.4 Å². The molecule has 3 heterocycles. The zero-order valence-corrected chi connectivity index (χ0v) is 12.9. The Morgan fingerprint density at radius 3 is 2.76 bits per heavy atom. The lowest BCUT2D eigenvalue weighted by atomic mass is 10.2. The van der Waals surface area contributed by atoms with Crippen molar-refractivity contribution < 1.29 is 8.42 Å². The summed E-state index contributed by atoms with van der Waals surface area (Å²) in [5, 5.41) is 5.30. The van der Waals surface area contributed by atoms with Crippen molar-refractivity contribution in [3.8, 4) is 0 Å². The van der Waals surface area contributed by atoms with E-state index < -0.39 is 9.84 Å². The molecule has 0 amide bonds. The van der Waals surface area contributed by atoms with Gasteiger partial charge in [0.2, 0.25) is 0 Å². The maximum Gasteiger partial charge on any atom is 0.192 e. The highest BCUT2D eigenvalue weighted by Crippen LogP contribution is 2.20. The molecule has 0 aromatic carbocycles. The molecule has 5 nitrogen and oxygen atoms in total. The lowest BCUT2D eigenvalue weighted by Gasteiger charge is -2.06. The second kappa shape index (κ2) is 5.42. The Morgan fingerprint density at radius 1 is 1.19 bits per heavy atom. The number of nitrogens with one attached hydrogen (secondary N) is 1. The maximum absolute atomic E-state index is 11.3. The molecule has 0 radical (unpaired) electrons. The van der Waals surface area contributed by atoms with Gasteiger partial charge in [0.25, 0.3) is 0 Å². The maximum atomic E-state index is 11.3. The number of sulfone groups is 1. The predicted molar refractivity (Wildman–Crippen MR) is 84.3 cm³/mol. The summed E-state index contributed by atoms with van der Waals surface area (Å²) >= 11 is 1.66. The zero-order valence-electron chi connectivity index (χ0n) is 11.3. The van der Waals surface area contributed by atoms with Gasteiger partial charge in [0.1, 0.15) is 0 Å². The number of hydrogen-bond donors (Lipinski definition) is 1. The van der Waals surface area contributed by atoms with Crippen LogP contribution in [0.25, 0.3) is 10.2 Å². The van der Waals surface area contributed by atoms with Gasteiger partial charge in [0.05, 0.1) is 22.1 Å². The number of rotatable bonds is 4. The number of anilines is 1. The lowest BCUT2D eigenvalue weighted by Crippen LogP contribution is -2.03. The van der Waals surface area contributed by atoms with Crippen molar-refractivity contribution in [2.75, 3.05) is 11.6 Å². The van der Waals surface area contributed by atoms with Crippen LogP contribution in [0.2, 0.25) is 0 Å². The van der Waals surface area contributed by atoms with E-state index in [1.807, 2.05) is 17.6 Å². The number of fused-ring (bicyclic) bond motifs is 1. The molecule has 0 bridgehead atoms. The number of hydrogen-bond acceptors (Lipinski definition) is 6. The SMILES string of the molecule is CS(=O)(=O)c1ccc(NCc2cnc3ccsc3c2)cn1. The van der Waals surface area contributed by atoms with E-state index in [4.69, 9.17) is 0 Å². The van der Waals surface area contributed by atoms with Crippen molar-refractivity contribution in [3.05, 3.63) is 47.6 Å². The van der Waals surface area contributed by atoms with Crippen LogP contribution in [0.3, 0.4) is 0 Å². The minimum Gasteiger partial charge on any atom is -0.380 e. The van der Waals surface area contributed by atoms with Gasteiger partial charge in [-0.25, -0.2) is 13.4 Å². The molecule has 1 N–H and O–H groups in total. The molecule has 3 aromatic heterocycles. The Morgan fingerprint density at radius 2 is 2.05 bits per heavy atom. The second-order valence-electron chi connectivity index (χ2n) is 4.66. The quantitative estimate of drug-likeness (QED) is 0.800. The highest BCUT2D eigenvalue weighted by atomic mass is 32.2. The summed E-state index contributed by atoms with van der Waals surface area (Å²) < 4.78 is 23.8. The Balaban J connectivity index is 1.72. The minimum atomic E-state index is -3.25. The Hall–Kier alpha value is -1.99. The first-order valence-corrected chi connectivity index (χ1v) is 9.01. The largest absolute Gasteiger partial charge is 0.380 e. The van der Waals surface area contributed by atoms with Crippen LogP contribution < -0.4 is 5.32 Å². The topological polar surface area (TPSA) is 72.0 Å². The van der Waals surface area contributed by atoms with E-state index in [1.165, 1.54) is 12.3 Å². The molecule has 0 spiro atoms. The number of nitrogens with zero attached hydrogens (tertiary/aromatic N) is 2. The predicted octanol–water partition coefficient (Wildman–Crippen LogP) is 2.71. The summed E-state index contributed by atoms with van der Waals surface area (Å²) in [5.41, 5.74) is 2.84. The normalized spacial score (nSPS) is 11.7. The van der Waals surface area contributed by atoms with E-state index in [9.17, 15) is 8.42 Å². The van der Waals surface area contributed by atoms with Crippen molar-refractivity contribution in [1.82, 2.24) is 9.97 Å². The average Bonchev–Trinajstić information content (AvgIpc) is 2.92. The van der Waals surface area contributed by atoms with Crippen LogP contribution in [0.15, 0.2) is 47.1 Å². The fourth-order valence-electron chi connectivity index (χ4n) is 1.89. The van der Waals surface area contributed by atoms with E-state index in [0.717, 1.165) is 27.7 Å². The summed E-state index contributed by atoms with van der Waals surface area (Å²) in [6, 6.07) is 7.29. The molecule has 0 saturated heterocycles. The first-order valence-electron chi connectivity index (χ1n) is 6.24. The fraction of sp³-hybridized carbons (Fsp3) is 0.143. The number of pyridine rings is 2. The highest BCUT2D eigenvalue weighted by molar-refractivity contribution is 7.90. The highest BCUT2D eigenvalue weighted by Gasteiger charge is 2.07. The van der Waals surface area contributed by atoms with Gasteiger partial charge in [-0.1, -0.05) is 0 Å². The van der Waals surface area contributed by atoms with Crippen molar-refractivity contribution in [2.45, 2.75) is 11.6 Å². The number of thiophene rings is 1. The van der Waals surface area contributed by atoms with Crippen molar-refractivity contribution in [2.24, 2.45) is 0 Å². The molecule has 3 aromatic rings. The van der Waals surface area contributed by atoms with Crippen LogP contribution in [0.1, 0.15) is 5.56 Å². The zero-order chi connectivity index (χ0) is 14.9. The molecule has 0 fully saturated rings. The Bertz CT molecular complexity index is 871. The van der Waals surface area contributed by atoms with Gasteiger partial charge in [-0.2, -0.15) is 0 Å². The molecule has 0 saturated carbocycles. The van der Waals surface area contributed by atoms with Gasteiger partial charge in [0.15, 0.2) is 14.9 Å². The lowest BCUT2D eigenvalue weighted by molar-refractivity contribution is 0.598. The third-order valence-corrected chi connectivity index (χ3v) is 4.83. The summed E-state index contributed by atoms with van der Waals surface area (Å²) in [7, 11) is -3.25. The standard InChI is InChI=1S/C14H13N3O2S2/c1-21(18,19)14-3-2-11(9-17-14)15-7-10-6-13-12(16-8-10)4-5-20-13/h2-6,8-9,15H,7H2,1H3. The fourth-order valence-corrected chi connectivity index (χ4v) is 3.26. The van der Waals surface area contributed by atoms with Crippen molar-refractivity contribution in [3.63, 3.8) is 0 Å². The minimum absolute atomic E-state index is 0.0784. The van der Waals surface area contributed by atoms with E-state index in [0.29, 0.717) is 6.54 Å². The van der Waals surface area contributed by atoms with Crippen LogP contribution in [-0.4, -0.2) is 24.6 Å². The molecule has 0 aliphatic heterocycles. The van der Waals surface area contributed by atoms with Crippen LogP contribution in [0, 0.1) is 0 Å². The summed E-state index contributed by atoms with van der Waals surface area (Å²) in [5.74, 6) is 0. The van der Waals surface area contributed by atoms with Gasteiger partial charge in [-0.05, 0) is 35.2 Å². The molecule has 0 aliphatic rings. The molecule has 108 valence electrons. The van der Waals surface area contributed by atoms with Gasteiger partial charge in [-0.15, -0.1) is 11.3 Å². The van der Waals surface area contributed by atoms with Gasteiger partial charge in [-0.3, -0.25) is 4.98 Å². The van der Waals surface area contributed by atoms with E-state index in [-0.39, 0.29) is 5.03 Å². The molecular weight excluding hydrogens is 306 g/mol. The summed E-state index contributed by atoms with van der Waals surface area (Å²) in [6.07, 6.45) is 4.50. The van der Waals surface area contributed by atoms with Crippen LogP contribution in [0.4, 0.5) is 5.69 Å². The number of aromatic nitrogens is 2. The van der Waals surface area contributed by atoms with Crippen molar-refractivity contribution in [1.29, 1.82) is 0 Å². The van der Waals surface area contributed by atoms with Gasteiger partial charge < -0.3 is 5.32 Å². The Kier molecular flexibility index (Phi) is 3.60. The molecule has 0 atom stereocenters. The first-order chi connectivity index (χ1) is 10.0. The monoisotopic (exact) mass is 319 g/mol.